The van der Waals surface area contributed by atoms with Crippen LogP contribution in [0, 0.1) is 0 Å². The van der Waals surface area contributed by atoms with Crippen molar-refractivity contribution in [3.8, 4) is 0 Å². The van der Waals surface area contributed by atoms with Crippen LogP contribution in [-0.4, -0.2) is 0 Å². The second kappa shape index (κ2) is 4.80. The van der Waals surface area contributed by atoms with Gasteiger partial charge in [0.1, 0.15) is 0 Å². The van der Waals surface area contributed by atoms with Crippen molar-refractivity contribution in [3.63, 3.8) is 0 Å². The van der Waals surface area contributed by atoms with Crippen LogP contribution in [0.5, 0.6) is 0 Å². The number of rotatable bonds is 2. The van der Waals surface area contributed by atoms with Gasteiger partial charge in [-0.1, -0.05) is 66.8 Å². The van der Waals surface area contributed by atoms with Crippen molar-refractivity contribution in [1.82, 2.24) is 0 Å². The van der Waals surface area contributed by atoms with Crippen LogP contribution < -0.4 is 0 Å². The third kappa shape index (κ3) is 2.40. The zero-order valence-electron chi connectivity index (χ0n) is 9.61. The van der Waals surface area contributed by atoms with Gasteiger partial charge in [0.2, 0.25) is 0 Å². The molecule has 0 heterocycles. The Hall–Kier alpha value is -1.82. The fourth-order valence-electron chi connectivity index (χ4n) is 1.85. The molecule has 16 heavy (non-hydrogen) atoms. The van der Waals surface area contributed by atoms with Crippen LogP contribution in [0.25, 0.3) is 11.6 Å². The molecular formula is C16H16. The zero-order valence-corrected chi connectivity index (χ0v) is 9.61. The Morgan fingerprint density at radius 2 is 2.06 bits per heavy atom. The summed E-state index contributed by atoms with van der Waals surface area (Å²) in [5, 5.41) is 0. The molecule has 0 heteroatoms. The van der Waals surface area contributed by atoms with Crippen molar-refractivity contribution < 1.29 is 0 Å². The molecule has 2 rings (SSSR count). The van der Waals surface area contributed by atoms with Crippen molar-refractivity contribution in [1.29, 1.82) is 0 Å². The fourth-order valence-corrected chi connectivity index (χ4v) is 1.85. The van der Waals surface area contributed by atoms with Gasteiger partial charge in [0, 0.05) is 0 Å². The van der Waals surface area contributed by atoms with Crippen molar-refractivity contribution in [3.05, 3.63) is 71.8 Å². The van der Waals surface area contributed by atoms with E-state index in [0.717, 1.165) is 12.0 Å². The summed E-state index contributed by atoms with van der Waals surface area (Å²) < 4.78 is 0. The standard InChI is InChI=1S/C16H16/c1-13(2)16-11-7-6-10-15(16)12-14-8-4-3-5-9-14/h3-8,10-12H,1,9H2,2H3/b14-12-. The summed E-state index contributed by atoms with van der Waals surface area (Å²) in [6, 6.07) is 8.39. The Labute approximate surface area is 97.3 Å². The molecule has 0 spiro atoms. The molecule has 0 fully saturated rings. The summed E-state index contributed by atoms with van der Waals surface area (Å²) in [7, 11) is 0. The van der Waals surface area contributed by atoms with E-state index in [2.05, 4.69) is 61.2 Å². The second-order valence-electron chi connectivity index (χ2n) is 4.08. The SMILES string of the molecule is C=C(C)c1ccccc1/C=C1/C=CC=CC1. The Balaban J connectivity index is 2.37. The molecule has 0 saturated heterocycles. The first-order valence-corrected chi connectivity index (χ1v) is 5.56. The van der Waals surface area contributed by atoms with Gasteiger partial charge in [-0.05, 0) is 30.0 Å². The van der Waals surface area contributed by atoms with E-state index in [4.69, 9.17) is 0 Å². The van der Waals surface area contributed by atoms with Gasteiger partial charge in [-0.25, -0.2) is 0 Å². The number of benzene rings is 1. The van der Waals surface area contributed by atoms with Crippen molar-refractivity contribution in [2.45, 2.75) is 13.3 Å². The minimum atomic E-state index is 1.01. The highest BCUT2D eigenvalue weighted by molar-refractivity contribution is 5.73. The van der Waals surface area contributed by atoms with E-state index in [1.807, 2.05) is 6.92 Å². The molecule has 0 atom stereocenters. The highest BCUT2D eigenvalue weighted by Crippen LogP contribution is 2.22. The Morgan fingerprint density at radius 3 is 2.75 bits per heavy atom. The Kier molecular flexibility index (Phi) is 3.21. The van der Waals surface area contributed by atoms with Crippen LogP contribution in [0.3, 0.4) is 0 Å². The Morgan fingerprint density at radius 1 is 1.25 bits per heavy atom. The van der Waals surface area contributed by atoms with E-state index in [1.165, 1.54) is 16.7 Å². The lowest BCUT2D eigenvalue weighted by Gasteiger charge is -2.07. The van der Waals surface area contributed by atoms with E-state index in [0.29, 0.717) is 0 Å². The van der Waals surface area contributed by atoms with E-state index in [9.17, 15) is 0 Å². The van der Waals surface area contributed by atoms with Gasteiger partial charge in [-0.15, -0.1) is 0 Å². The monoisotopic (exact) mass is 208 g/mol. The average molecular weight is 208 g/mol. The molecule has 1 aliphatic rings. The van der Waals surface area contributed by atoms with Gasteiger partial charge in [0.05, 0.1) is 0 Å². The van der Waals surface area contributed by atoms with Gasteiger partial charge < -0.3 is 0 Å². The van der Waals surface area contributed by atoms with E-state index >= 15 is 0 Å². The maximum atomic E-state index is 4.02. The summed E-state index contributed by atoms with van der Waals surface area (Å²) in [6.07, 6.45) is 11.8. The van der Waals surface area contributed by atoms with Gasteiger partial charge in [-0.3, -0.25) is 0 Å². The van der Waals surface area contributed by atoms with Gasteiger partial charge in [-0.2, -0.15) is 0 Å². The molecule has 1 aliphatic carbocycles. The molecule has 1 aromatic carbocycles. The van der Waals surface area contributed by atoms with E-state index in [1.54, 1.807) is 0 Å². The fraction of sp³-hybridized carbons (Fsp3) is 0.125. The van der Waals surface area contributed by atoms with Crippen LogP contribution in [0.15, 0.2) is 60.7 Å². The van der Waals surface area contributed by atoms with Gasteiger partial charge >= 0.3 is 0 Å². The lowest BCUT2D eigenvalue weighted by Crippen LogP contribution is -1.86. The molecular weight excluding hydrogens is 192 g/mol. The quantitative estimate of drug-likeness (QED) is 0.665. The molecule has 80 valence electrons. The number of allylic oxidation sites excluding steroid dienone is 6. The number of hydrogen-bond donors (Lipinski definition) is 0. The maximum absolute atomic E-state index is 4.02. The molecule has 0 unspecified atom stereocenters. The van der Waals surface area contributed by atoms with E-state index in [-0.39, 0.29) is 0 Å². The Bertz CT molecular complexity index is 485. The molecule has 0 aromatic heterocycles. The lowest BCUT2D eigenvalue weighted by molar-refractivity contribution is 1.28. The molecule has 0 N–H and O–H groups in total. The highest BCUT2D eigenvalue weighted by atomic mass is 14.1. The molecule has 1 aromatic rings. The van der Waals surface area contributed by atoms with Gasteiger partial charge in [0.25, 0.3) is 0 Å². The summed E-state index contributed by atoms with van der Waals surface area (Å²) >= 11 is 0. The van der Waals surface area contributed by atoms with Crippen LogP contribution >= 0.6 is 0 Å². The first kappa shape index (κ1) is 10.7. The van der Waals surface area contributed by atoms with Crippen LogP contribution in [-0.2, 0) is 0 Å². The van der Waals surface area contributed by atoms with Crippen LogP contribution in [0.2, 0.25) is 0 Å². The minimum absolute atomic E-state index is 1.01. The van der Waals surface area contributed by atoms with Crippen molar-refractivity contribution in [2.24, 2.45) is 0 Å². The molecule has 0 nitrogen and oxygen atoms in total. The molecule has 0 saturated carbocycles. The van der Waals surface area contributed by atoms with Crippen molar-refractivity contribution in [2.75, 3.05) is 0 Å². The van der Waals surface area contributed by atoms with Gasteiger partial charge in [0.15, 0.2) is 0 Å². The van der Waals surface area contributed by atoms with Crippen LogP contribution in [0.4, 0.5) is 0 Å². The van der Waals surface area contributed by atoms with E-state index < -0.39 is 0 Å². The first-order chi connectivity index (χ1) is 7.77. The molecule has 0 amide bonds. The highest BCUT2D eigenvalue weighted by Gasteiger charge is 2.01. The normalized spacial score (nSPS) is 16.7. The number of hydrogen-bond acceptors (Lipinski definition) is 0. The largest absolute Gasteiger partial charge is 0.0955 e. The predicted molar refractivity (Wildman–Crippen MR) is 72.0 cm³/mol. The minimum Gasteiger partial charge on any atom is -0.0955 e. The average Bonchev–Trinajstić information content (AvgIpc) is 2.31. The summed E-state index contributed by atoms with van der Waals surface area (Å²) in [6.45, 7) is 6.07. The molecule has 0 bridgehead atoms. The predicted octanol–water partition coefficient (Wildman–Crippen LogP) is 4.62. The third-order valence-electron chi connectivity index (χ3n) is 2.67. The summed E-state index contributed by atoms with van der Waals surface area (Å²) in [4.78, 5) is 0. The van der Waals surface area contributed by atoms with Crippen LogP contribution in [0.1, 0.15) is 24.5 Å². The maximum Gasteiger partial charge on any atom is -0.00941 e. The topological polar surface area (TPSA) is 0 Å². The third-order valence-corrected chi connectivity index (χ3v) is 2.67. The second-order valence-corrected chi connectivity index (χ2v) is 4.08. The summed E-state index contributed by atoms with van der Waals surface area (Å²) in [5.41, 5.74) is 4.95. The smallest absolute Gasteiger partial charge is 0.00941 e. The summed E-state index contributed by atoms with van der Waals surface area (Å²) in [5.74, 6) is 0. The molecule has 0 radical (unpaired) electrons. The van der Waals surface area contributed by atoms with Crippen molar-refractivity contribution >= 4 is 11.6 Å². The zero-order chi connectivity index (χ0) is 11.4. The first-order valence-electron chi connectivity index (χ1n) is 5.56. The molecule has 0 aliphatic heterocycles. The lowest BCUT2D eigenvalue weighted by atomic mass is 9.98.